The van der Waals surface area contributed by atoms with E-state index in [2.05, 4.69) is 5.32 Å². The van der Waals surface area contributed by atoms with E-state index in [0.717, 1.165) is 0 Å². The number of nitrogens with one attached hydrogen (secondary N) is 1. The molecule has 1 aromatic carbocycles. The Balaban J connectivity index is 2.86. The minimum atomic E-state index is -0.635. The van der Waals surface area contributed by atoms with Gasteiger partial charge in [-0.15, -0.1) is 0 Å². The van der Waals surface area contributed by atoms with E-state index in [-0.39, 0.29) is 49.1 Å². The molecule has 0 aliphatic carbocycles. The summed E-state index contributed by atoms with van der Waals surface area (Å²) in [4.78, 5) is 35.6. The molecular weight excluding hydrogens is 342 g/mol. The van der Waals surface area contributed by atoms with Crippen molar-refractivity contribution in [3.63, 3.8) is 0 Å². The van der Waals surface area contributed by atoms with Gasteiger partial charge in [0.1, 0.15) is 0 Å². The number of hydrogen-bond donors (Lipinski definition) is 3. The molecule has 0 aromatic heterocycles. The number of hydrogen-bond acceptors (Lipinski definition) is 7. The first kappa shape index (κ1) is 21.6. The summed E-state index contributed by atoms with van der Waals surface area (Å²) in [7, 11) is 0. The Morgan fingerprint density at radius 1 is 0.846 bits per heavy atom. The van der Waals surface area contributed by atoms with Gasteiger partial charge in [-0.2, -0.15) is 0 Å². The molecule has 8 heteroatoms. The molecule has 0 heterocycles. The molecule has 0 radical (unpaired) electrons. The molecule has 0 bridgehead atoms. The van der Waals surface area contributed by atoms with Crippen LogP contribution in [-0.4, -0.2) is 54.5 Å². The smallest absolute Gasteiger partial charge is 0.338 e. The zero-order chi connectivity index (χ0) is 19.4. The Morgan fingerprint density at radius 3 is 1.69 bits per heavy atom. The van der Waals surface area contributed by atoms with Crippen molar-refractivity contribution in [2.24, 2.45) is 0 Å². The standard InChI is InChI=1S/C18H25NO7/c1-13(22)19-16-11-14(17(23)25-8-4-2-6-20)10-15(12-16)18(24)26-9-5-3-7-21/h10-12,20-21H,2-9H2,1H3,(H,19,22). The number of carbonyl (C=O) groups is 3. The molecule has 1 aromatic rings. The predicted molar refractivity (Wildman–Crippen MR) is 94.0 cm³/mol. The number of anilines is 1. The maximum atomic E-state index is 12.1. The summed E-state index contributed by atoms with van der Waals surface area (Å²) in [6.07, 6.45) is 2.08. The van der Waals surface area contributed by atoms with Crippen LogP contribution >= 0.6 is 0 Å². The van der Waals surface area contributed by atoms with Crippen LogP contribution in [0, 0.1) is 0 Å². The number of esters is 2. The van der Waals surface area contributed by atoms with E-state index >= 15 is 0 Å². The SMILES string of the molecule is CC(=O)Nc1cc(C(=O)OCCCCO)cc(C(=O)OCCCCO)c1. The Kier molecular flexibility index (Phi) is 9.96. The second-order valence-electron chi connectivity index (χ2n) is 5.61. The number of unbranched alkanes of at least 4 members (excludes halogenated alkanes) is 2. The van der Waals surface area contributed by atoms with Gasteiger partial charge in [-0.1, -0.05) is 0 Å². The lowest BCUT2D eigenvalue weighted by molar-refractivity contribution is -0.114. The van der Waals surface area contributed by atoms with Crippen LogP contribution in [0.1, 0.15) is 53.3 Å². The zero-order valence-corrected chi connectivity index (χ0v) is 14.8. The summed E-state index contributed by atoms with van der Waals surface area (Å²) in [5, 5.41) is 20.0. The number of aliphatic hydroxyl groups is 2. The highest BCUT2D eigenvalue weighted by molar-refractivity contribution is 5.99. The van der Waals surface area contributed by atoms with Crippen molar-refractivity contribution in [2.45, 2.75) is 32.6 Å². The largest absolute Gasteiger partial charge is 0.462 e. The summed E-state index contributed by atoms with van der Waals surface area (Å²) in [5.74, 6) is -1.62. The maximum absolute atomic E-state index is 12.1. The summed E-state index contributed by atoms with van der Waals surface area (Å²) < 4.78 is 10.2. The normalized spacial score (nSPS) is 10.3. The van der Waals surface area contributed by atoms with Crippen molar-refractivity contribution in [2.75, 3.05) is 31.7 Å². The van der Waals surface area contributed by atoms with Crippen molar-refractivity contribution in [1.29, 1.82) is 0 Å². The van der Waals surface area contributed by atoms with Gasteiger partial charge in [0.05, 0.1) is 24.3 Å². The lowest BCUT2D eigenvalue weighted by Crippen LogP contribution is -2.13. The van der Waals surface area contributed by atoms with Gasteiger partial charge >= 0.3 is 11.9 Å². The number of rotatable bonds is 11. The van der Waals surface area contributed by atoms with Gasteiger partial charge < -0.3 is 25.0 Å². The number of benzene rings is 1. The fourth-order valence-electron chi connectivity index (χ4n) is 2.06. The maximum Gasteiger partial charge on any atom is 0.338 e. The molecule has 144 valence electrons. The fraction of sp³-hybridized carbons (Fsp3) is 0.500. The monoisotopic (exact) mass is 367 g/mol. The number of amides is 1. The number of carbonyl (C=O) groups excluding carboxylic acids is 3. The first-order chi connectivity index (χ1) is 12.5. The Labute approximate surface area is 152 Å². The van der Waals surface area contributed by atoms with Gasteiger partial charge in [0.25, 0.3) is 0 Å². The molecule has 3 N–H and O–H groups in total. The summed E-state index contributed by atoms with van der Waals surface area (Å²) >= 11 is 0. The van der Waals surface area contributed by atoms with Crippen molar-refractivity contribution in [1.82, 2.24) is 0 Å². The molecule has 0 aliphatic heterocycles. The van der Waals surface area contributed by atoms with Crippen molar-refractivity contribution >= 4 is 23.5 Å². The van der Waals surface area contributed by atoms with Gasteiger partial charge in [-0.3, -0.25) is 4.79 Å². The van der Waals surface area contributed by atoms with E-state index in [1.807, 2.05) is 0 Å². The molecule has 1 amide bonds. The van der Waals surface area contributed by atoms with Crippen LogP contribution in [0.2, 0.25) is 0 Å². The molecule has 0 unspecified atom stereocenters. The second-order valence-corrected chi connectivity index (χ2v) is 5.61. The average molecular weight is 367 g/mol. The van der Waals surface area contributed by atoms with Crippen LogP contribution in [0.4, 0.5) is 5.69 Å². The van der Waals surface area contributed by atoms with Crippen LogP contribution in [0.25, 0.3) is 0 Å². The topological polar surface area (TPSA) is 122 Å². The molecule has 0 atom stereocenters. The Hall–Kier alpha value is -2.45. The van der Waals surface area contributed by atoms with E-state index in [4.69, 9.17) is 19.7 Å². The summed E-state index contributed by atoms with van der Waals surface area (Å²) in [5.41, 5.74) is 0.509. The van der Waals surface area contributed by atoms with Gasteiger partial charge in [0.15, 0.2) is 0 Å². The molecule has 1 rings (SSSR count). The Morgan fingerprint density at radius 2 is 1.31 bits per heavy atom. The predicted octanol–water partition coefficient (Wildman–Crippen LogP) is 1.50. The van der Waals surface area contributed by atoms with E-state index < -0.39 is 11.9 Å². The number of ether oxygens (including phenoxy) is 2. The first-order valence-corrected chi connectivity index (χ1v) is 8.46. The second kappa shape index (κ2) is 12.0. The average Bonchev–Trinajstić information content (AvgIpc) is 2.61. The van der Waals surface area contributed by atoms with Crippen molar-refractivity contribution in [3.8, 4) is 0 Å². The van der Waals surface area contributed by atoms with Crippen LogP contribution in [0.3, 0.4) is 0 Å². The molecule has 0 aliphatic rings. The van der Waals surface area contributed by atoms with E-state index in [9.17, 15) is 14.4 Å². The van der Waals surface area contributed by atoms with Gasteiger partial charge in [-0.05, 0) is 43.9 Å². The highest BCUT2D eigenvalue weighted by Gasteiger charge is 2.15. The third kappa shape index (κ3) is 8.09. The summed E-state index contributed by atoms with van der Waals surface area (Å²) in [6.45, 7) is 1.63. The highest BCUT2D eigenvalue weighted by atomic mass is 16.5. The van der Waals surface area contributed by atoms with Gasteiger partial charge in [0, 0.05) is 25.8 Å². The molecule has 26 heavy (non-hydrogen) atoms. The van der Waals surface area contributed by atoms with Crippen LogP contribution in [0.5, 0.6) is 0 Å². The van der Waals surface area contributed by atoms with E-state index in [1.54, 1.807) is 0 Å². The van der Waals surface area contributed by atoms with Crippen LogP contribution in [0.15, 0.2) is 18.2 Å². The van der Waals surface area contributed by atoms with Crippen LogP contribution < -0.4 is 5.32 Å². The third-order valence-corrected chi connectivity index (χ3v) is 3.30. The fourth-order valence-corrected chi connectivity index (χ4v) is 2.06. The quantitative estimate of drug-likeness (QED) is 0.400. The first-order valence-electron chi connectivity index (χ1n) is 8.46. The lowest BCUT2D eigenvalue weighted by atomic mass is 10.1. The van der Waals surface area contributed by atoms with E-state index in [0.29, 0.717) is 25.7 Å². The zero-order valence-electron chi connectivity index (χ0n) is 14.8. The molecule has 8 nitrogen and oxygen atoms in total. The minimum Gasteiger partial charge on any atom is -0.462 e. The highest BCUT2D eigenvalue weighted by Crippen LogP contribution is 2.17. The van der Waals surface area contributed by atoms with Gasteiger partial charge in [0.2, 0.25) is 5.91 Å². The number of aliphatic hydroxyl groups excluding tert-OH is 2. The van der Waals surface area contributed by atoms with Crippen LogP contribution in [-0.2, 0) is 14.3 Å². The lowest BCUT2D eigenvalue weighted by Gasteiger charge is -2.10. The molecular formula is C18H25NO7. The van der Waals surface area contributed by atoms with Crippen molar-refractivity contribution in [3.05, 3.63) is 29.3 Å². The molecule has 0 spiro atoms. The molecule has 0 saturated heterocycles. The van der Waals surface area contributed by atoms with Crippen molar-refractivity contribution < 1.29 is 34.1 Å². The Bertz CT molecular complexity index is 573. The third-order valence-electron chi connectivity index (χ3n) is 3.30. The summed E-state index contributed by atoms with van der Waals surface area (Å²) in [6, 6.07) is 4.17. The minimum absolute atomic E-state index is 0.0157. The van der Waals surface area contributed by atoms with E-state index in [1.165, 1.54) is 25.1 Å². The molecule has 0 fully saturated rings. The van der Waals surface area contributed by atoms with Gasteiger partial charge in [-0.25, -0.2) is 9.59 Å². The molecule has 0 saturated carbocycles.